The van der Waals surface area contributed by atoms with Gasteiger partial charge in [0.1, 0.15) is 5.82 Å². The van der Waals surface area contributed by atoms with E-state index in [1.165, 1.54) is 0 Å². The first kappa shape index (κ1) is 16.9. The molecule has 0 unspecified atom stereocenters. The first-order valence-corrected chi connectivity index (χ1v) is 8.96. The summed E-state index contributed by atoms with van der Waals surface area (Å²) in [4.78, 5) is 18.0. The van der Waals surface area contributed by atoms with Crippen molar-refractivity contribution < 1.29 is 0 Å². The second kappa shape index (κ2) is 7.28. The third kappa shape index (κ3) is 3.14. The Morgan fingerprint density at radius 1 is 1.12 bits per heavy atom. The zero-order valence-electron chi connectivity index (χ0n) is 13.8. The van der Waals surface area contributed by atoms with E-state index in [-0.39, 0.29) is 11.6 Å². The van der Waals surface area contributed by atoms with Crippen LogP contribution in [-0.4, -0.2) is 16.1 Å². The molecule has 24 heavy (non-hydrogen) atoms. The third-order valence-electron chi connectivity index (χ3n) is 4.06. The number of hydrogen-bond acceptors (Lipinski definition) is 3. The minimum Gasteiger partial charge on any atom is -0.308 e. The lowest BCUT2D eigenvalue weighted by Gasteiger charge is -2.21. The highest BCUT2D eigenvalue weighted by Gasteiger charge is 2.19. The smallest absolute Gasteiger partial charge is 0.266 e. The molecule has 1 heterocycles. The quantitative estimate of drug-likeness (QED) is 0.715. The number of nitrogens with one attached hydrogen (secondary N) is 1. The van der Waals surface area contributed by atoms with Crippen LogP contribution in [0.2, 0.25) is 0 Å². The fraction of sp³-hybridized carbons (Fsp3) is 0.263. The summed E-state index contributed by atoms with van der Waals surface area (Å²) < 4.78 is 2.71. The second-order valence-corrected chi connectivity index (χ2v) is 6.54. The molecule has 0 amide bonds. The van der Waals surface area contributed by atoms with Gasteiger partial charge in [-0.1, -0.05) is 41.9 Å². The largest absolute Gasteiger partial charge is 0.308 e. The van der Waals surface area contributed by atoms with Crippen LogP contribution in [0.1, 0.15) is 32.1 Å². The third-order valence-corrected chi connectivity index (χ3v) is 4.59. The topological polar surface area (TPSA) is 46.9 Å². The van der Waals surface area contributed by atoms with Gasteiger partial charge in [0.15, 0.2) is 0 Å². The van der Waals surface area contributed by atoms with Gasteiger partial charge < -0.3 is 5.32 Å². The van der Waals surface area contributed by atoms with Crippen molar-refractivity contribution in [2.45, 2.75) is 26.3 Å². The van der Waals surface area contributed by atoms with Gasteiger partial charge in [-0.15, -0.1) is 0 Å². The Morgan fingerprint density at radius 3 is 2.50 bits per heavy atom. The van der Waals surface area contributed by atoms with E-state index in [4.69, 9.17) is 4.98 Å². The van der Waals surface area contributed by atoms with Gasteiger partial charge in [-0.25, -0.2) is 4.98 Å². The van der Waals surface area contributed by atoms with Gasteiger partial charge in [-0.2, -0.15) is 0 Å². The number of halogens is 1. The lowest BCUT2D eigenvalue weighted by Crippen LogP contribution is -2.31. The maximum absolute atomic E-state index is 13.1. The Morgan fingerprint density at radius 2 is 1.83 bits per heavy atom. The van der Waals surface area contributed by atoms with Gasteiger partial charge in [0, 0.05) is 4.47 Å². The van der Waals surface area contributed by atoms with Gasteiger partial charge in [-0.3, -0.25) is 9.36 Å². The van der Waals surface area contributed by atoms with Crippen LogP contribution in [0.3, 0.4) is 0 Å². The Kier molecular flexibility index (Phi) is 5.11. The van der Waals surface area contributed by atoms with E-state index in [1.807, 2.05) is 48.5 Å². The number of fused-ring (bicyclic) bond motifs is 1. The summed E-state index contributed by atoms with van der Waals surface area (Å²) in [5.41, 5.74) is 1.53. The molecule has 0 aliphatic carbocycles. The van der Waals surface area contributed by atoms with Crippen LogP contribution in [0, 0.1) is 0 Å². The molecule has 1 N–H and O–H groups in total. The lowest BCUT2D eigenvalue weighted by molar-refractivity contribution is 0.498. The molecule has 5 heteroatoms. The number of hydrogen-bond donors (Lipinski definition) is 1. The Hall–Kier alpha value is -1.98. The van der Waals surface area contributed by atoms with Crippen molar-refractivity contribution in [1.82, 2.24) is 14.9 Å². The molecule has 0 fully saturated rings. The minimum absolute atomic E-state index is 0.0240. The Bertz CT molecular complexity index is 903. The molecule has 1 aromatic heterocycles. The minimum atomic E-state index is -0.0331. The average molecular weight is 386 g/mol. The van der Waals surface area contributed by atoms with Gasteiger partial charge in [0.25, 0.3) is 5.56 Å². The molecule has 0 bridgehead atoms. The normalized spacial score (nSPS) is 12.5. The summed E-state index contributed by atoms with van der Waals surface area (Å²) in [7, 11) is 0. The maximum atomic E-state index is 13.1. The summed E-state index contributed by atoms with van der Waals surface area (Å²) in [5.74, 6) is 0.755. The SMILES string of the molecule is CCN[C@H](CC)c1nc2ccccc2c(=O)n1-c1ccc(Br)cc1. The standard InChI is InChI=1S/C19H20BrN3O/c1-3-16(21-4-2)18-22-17-8-6-5-7-15(17)19(24)23(18)14-11-9-13(20)10-12-14/h5-12,16,21H,3-4H2,1-2H3/t16-/m1/s1. The van der Waals surface area contributed by atoms with E-state index in [1.54, 1.807) is 4.57 Å². The molecule has 0 aliphatic rings. The molecule has 4 nitrogen and oxygen atoms in total. The van der Waals surface area contributed by atoms with Crippen LogP contribution in [-0.2, 0) is 0 Å². The van der Waals surface area contributed by atoms with Crippen molar-refractivity contribution in [3.05, 3.63) is 69.2 Å². The molecule has 0 aliphatic heterocycles. The number of para-hydroxylation sites is 1. The van der Waals surface area contributed by atoms with Crippen molar-refractivity contribution in [3.63, 3.8) is 0 Å². The van der Waals surface area contributed by atoms with Crippen molar-refractivity contribution >= 4 is 26.8 Å². The second-order valence-electron chi connectivity index (χ2n) is 5.62. The van der Waals surface area contributed by atoms with Crippen LogP contribution < -0.4 is 10.9 Å². The average Bonchev–Trinajstić information content (AvgIpc) is 2.61. The van der Waals surface area contributed by atoms with Gasteiger partial charge in [-0.05, 0) is 49.4 Å². The summed E-state index contributed by atoms with van der Waals surface area (Å²) in [6.07, 6.45) is 0.856. The van der Waals surface area contributed by atoms with Crippen LogP contribution in [0.25, 0.3) is 16.6 Å². The predicted octanol–water partition coefficient (Wildman–Crippen LogP) is 4.21. The molecule has 0 saturated carbocycles. The zero-order chi connectivity index (χ0) is 17.1. The fourth-order valence-electron chi connectivity index (χ4n) is 2.89. The zero-order valence-corrected chi connectivity index (χ0v) is 15.4. The van der Waals surface area contributed by atoms with Crippen LogP contribution >= 0.6 is 15.9 Å². The number of rotatable bonds is 5. The Labute approximate surface area is 149 Å². The maximum Gasteiger partial charge on any atom is 0.266 e. The first-order chi connectivity index (χ1) is 11.7. The summed E-state index contributed by atoms with van der Waals surface area (Å²) in [6, 6.07) is 15.3. The van der Waals surface area contributed by atoms with Gasteiger partial charge in [0.05, 0.1) is 22.6 Å². The van der Waals surface area contributed by atoms with E-state index in [0.29, 0.717) is 5.39 Å². The molecular weight excluding hydrogens is 366 g/mol. The number of aromatic nitrogens is 2. The molecule has 3 rings (SSSR count). The van der Waals surface area contributed by atoms with E-state index >= 15 is 0 Å². The highest BCUT2D eigenvalue weighted by atomic mass is 79.9. The van der Waals surface area contributed by atoms with Gasteiger partial charge >= 0.3 is 0 Å². The van der Waals surface area contributed by atoms with E-state index in [2.05, 4.69) is 35.1 Å². The fourth-order valence-corrected chi connectivity index (χ4v) is 3.15. The molecule has 2 aromatic carbocycles. The molecule has 3 aromatic rings. The van der Waals surface area contributed by atoms with E-state index in [9.17, 15) is 4.79 Å². The van der Waals surface area contributed by atoms with Crippen molar-refractivity contribution in [1.29, 1.82) is 0 Å². The summed E-state index contributed by atoms with van der Waals surface area (Å²) >= 11 is 3.45. The monoisotopic (exact) mass is 385 g/mol. The van der Waals surface area contributed by atoms with Crippen molar-refractivity contribution in [3.8, 4) is 5.69 Å². The number of nitrogens with zero attached hydrogens (tertiary/aromatic N) is 2. The highest BCUT2D eigenvalue weighted by molar-refractivity contribution is 9.10. The van der Waals surface area contributed by atoms with Crippen molar-refractivity contribution in [2.75, 3.05) is 6.54 Å². The first-order valence-electron chi connectivity index (χ1n) is 8.16. The van der Waals surface area contributed by atoms with E-state index in [0.717, 1.165) is 34.5 Å². The molecule has 0 saturated heterocycles. The van der Waals surface area contributed by atoms with Crippen LogP contribution in [0.5, 0.6) is 0 Å². The molecule has 1 atom stereocenters. The molecule has 0 spiro atoms. The highest BCUT2D eigenvalue weighted by Crippen LogP contribution is 2.21. The lowest BCUT2D eigenvalue weighted by atomic mass is 10.1. The summed E-state index contributed by atoms with van der Waals surface area (Å²) in [6.45, 7) is 4.98. The Balaban J connectivity index is 2.33. The molecule has 124 valence electrons. The van der Waals surface area contributed by atoms with Crippen molar-refractivity contribution in [2.24, 2.45) is 0 Å². The van der Waals surface area contributed by atoms with Gasteiger partial charge in [0.2, 0.25) is 0 Å². The molecule has 0 radical (unpaired) electrons. The summed E-state index contributed by atoms with van der Waals surface area (Å²) in [5, 5.41) is 4.07. The van der Waals surface area contributed by atoms with E-state index < -0.39 is 0 Å². The van der Waals surface area contributed by atoms with Crippen LogP contribution in [0.15, 0.2) is 57.8 Å². The number of benzene rings is 2. The molecular formula is C19H20BrN3O. The predicted molar refractivity (Wildman–Crippen MR) is 102 cm³/mol. The van der Waals surface area contributed by atoms with Crippen LogP contribution in [0.4, 0.5) is 0 Å².